The van der Waals surface area contributed by atoms with E-state index >= 15 is 0 Å². The number of fused-ring (bicyclic) bond motifs is 3. The number of hydrogen-bond donors (Lipinski definition) is 1. The fourth-order valence-corrected chi connectivity index (χ4v) is 4.77. The molecule has 0 saturated carbocycles. The van der Waals surface area contributed by atoms with Crippen LogP contribution in [0, 0.1) is 11.8 Å². The van der Waals surface area contributed by atoms with E-state index in [2.05, 4.69) is 26.5 Å². The summed E-state index contributed by atoms with van der Waals surface area (Å²) in [7, 11) is -0.872. The molecule has 4 heterocycles. The third-order valence-electron chi connectivity index (χ3n) is 5.68. The smallest absolute Gasteiger partial charge is 0.208 e. The van der Waals surface area contributed by atoms with Gasteiger partial charge in [0, 0.05) is 51.9 Å². The van der Waals surface area contributed by atoms with Gasteiger partial charge < -0.3 is 9.80 Å². The summed E-state index contributed by atoms with van der Waals surface area (Å²) in [5.41, 5.74) is 0. The zero-order valence-corrected chi connectivity index (χ0v) is 14.7. The minimum atomic E-state index is -3.07. The first-order valence-corrected chi connectivity index (χ1v) is 10.4. The Morgan fingerprint density at radius 3 is 2.45 bits per heavy atom. The van der Waals surface area contributed by atoms with Crippen molar-refractivity contribution in [3.63, 3.8) is 0 Å². The van der Waals surface area contributed by atoms with Crippen molar-refractivity contribution >= 4 is 10.0 Å². The fourth-order valence-electron chi connectivity index (χ4n) is 4.28. The van der Waals surface area contributed by atoms with Gasteiger partial charge in [0.2, 0.25) is 10.0 Å². The van der Waals surface area contributed by atoms with Crippen LogP contribution in [-0.4, -0.2) is 94.8 Å². The Morgan fingerprint density at radius 2 is 1.86 bits per heavy atom. The van der Waals surface area contributed by atoms with E-state index in [1.165, 1.54) is 45.4 Å². The van der Waals surface area contributed by atoms with Gasteiger partial charge in [-0.1, -0.05) is 0 Å². The minimum Gasteiger partial charge on any atom is -0.304 e. The fraction of sp³-hybridized carbons (Fsp3) is 1.00. The average Bonchev–Trinajstić information content (AvgIpc) is 2.48. The quantitative estimate of drug-likeness (QED) is 0.736. The van der Waals surface area contributed by atoms with Crippen LogP contribution in [0.15, 0.2) is 0 Å². The van der Waals surface area contributed by atoms with E-state index in [1.54, 1.807) is 0 Å². The highest BCUT2D eigenvalue weighted by atomic mass is 32.2. The van der Waals surface area contributed by atoms with E-state index < -0.39 is 10.0 Å². The lowest BCUT2D eigenvalue weighted by atomic mass is 9.75. The maximum absolute atomic E-state index is 11.3. The first-order chi connectivity index (χ1) is 10.4. The highest BCUT2D eigenvalue weighted by Crippen LogP contribution is 2.36. The first-order valence-electron chi connectivity index (χ1n) is 8.50. The largest absolute Gasteiger partial charge is 0.304 e. The molecule has 4 aliphatic heterocycles. The molecule has 4 fully saturated rings. The number of hydrogen-bond acceptors (Lipinski definition) is 5. The maximum atomic E-state index is 11.3. The third kappa shape index (κ3) is 4.20. The first kappa shape index (κ1) is 16.6. The predicted octanol–water partition coefficient (Wildman–Crippen LogP) is -0.507. The zero-order valence-electron chi connectivity index (χ0n) is 13.9. The molecular weight excluding hydrogens is 300 g/mol. The molecular formula is C15H30N4O2S. The Balaban J connectivity index is 1.50. The number of piperazine rings is 1. The molecule has 1 unspecified atom stereocenters. The summed E-state index contributed by atoms with van der Waals surface area (Å²) in [6.45, 7) is 8.84. The van der Waals surface area contributed by atoms with Gasteiger partial charge in [0.15, 0.2) is 0 Å². The van der Waals surface area contributed by atoms with Gasteiger partial charge in [0.05, 0.1) is 6.26 Å². The van der Waals surface area contributed by atoms with E-state index in [0.29, 0.717) is 12.6 Å². The van der Waals surface area contributed by atoms with Crippen molar-refractivity contribution in [2.75, 3.05) is 65.7 Å². The molecule has 4 rings (SSSR count). The summed E-state index contributed by atoms with van der Waals surface area (Å²) < 4.78 is 25.3. The molecule has 0 radical (unpaired) electrons. The number of nitrogens with one attached hydrogen (secondary N) is 1. The molecule has 0 aliphatic carbocycles. The minimum absolute atomic E-state index is 0.400. The van der Waals surface area contributed by atoms with Gasteiger partial charge in [-0.3, -0.25) is 4.90 Å². The second-order valence-corrected chi connectivity index (χ2v) is 9.25. The van der Waals surface area contributed by atoms with Crippen LogP contribution >= 0.6 is 0 Å². The number of likely N-dealkylation sites (N-methyl/N-ethyl adjacent to an activating group) is 1. The van der Waals surface area contributed by atoms with Crippen LogP contribution in [0.5, 0.6) is 0 Å². The van der Waals surface area contributed by atoms with Crippen LogP contribution in [0.25, 0.3) is 0 Å². The summed E-state index contributed by atoms with van der Waals surface area (Å²) in [4.78, 5) is 7.54. The molecule has 2 bridgehead atoms. The average molecular weight is 330 g/mol. The van der Waals surface area contributed by atoms with Crippen molar-refractivity contribution in [1.29, 1.82) is 0 Å². The van der Waals surface area contributed by atoms with Gasteiger partial charge in [-0.25, -0.2) is 13.1 Å². The Hall–Kier alpha value is -0.210. The van der Waals surface area contributed by atoms with Crippen LogP contribution < -0.4 is 4.72 Å². The molecule has 0 aromatic rings. The molecule has 0 spiro atoms. The summed E-state index contributed by atoms with van der Waals surface area (Å²) in [6.07, 6.45) is 3.69. The third-order valence-corrected chi connectivity index (χ3v) is 6.37. The predicted molar refractivity (Wildman–Crippen MR) is 88.4 cm³/mol. The van der Waals surface area contributed by atoms with Crippen LogP contribution in [0.3, 0.4) is 0 Å². The zero-order chi connectivity index (χ0) is 15.7. The molecule has 22 heavy (non-hydrogen) atoms. The Kier molecular flexibility index (Phi) is 5.09. The molecule has 128 valence electrons. The highest BCUT2D eigenvalue weighted by Gasteiger charge is 2.40. The van der Waals surface area contributed by atoms with E-state index in [1.807, 2.05) is 0 Å². The van der Waals surface area contributed by atoms with Gasteiger partial charge in [0.1, 0.15) is 0 Å². The molecule has 7 heteroatoms. The monoisotopic (exact) mass is 330 g/mol. The number of nitrogens with zero attached hydrogens (tertiary/aromatic N) is 3. The van der Waals surface area contributed by atoms with Gasteiger partial charge in [0.25, 0.3) is 0 Å². The molecule has 4 saturated heterocycles. The second-order valence-electron chi connectivity index (χ2n) is 7.42. The maximum Gasteiger partial charge on any atom is 0.208 e. The van der Waals surface area contributed by atoms with Gasteiger partial charge in [-0.15, -0.1) is 0 Å². The Morgan fingerprint density at radius 1 is 1.14 bits per heavy atom. The Labute approximate surface area is 134 Å². The molecule has 4 aliphatic rings. The van der Waals surface area contributed by atoms with Crippen molar-refractivity contribution in [2.24, 2.45) is 11.8 Å². The van der Waals surface area contributed by atoms with Crippen molar-refractivity contribution < 1.29 is 8.42 Å². The van der Waals surface area contributed by atoms with Crippen molar-refractivity contribution in [3.05, 3.63) is 0 Å². The van der Waals surface area contributed by atoms with Crippen molar-refractivity contribution in [3.8, 4) is 0 Å². The highest BCUT2D eigenvalue weighted by molar-refractivity contribution is 7.88. The molecule has 4 atom stereocenters. The lowest BCUT2D eigenvalue weighted by Crippen LogP contribution is -2.59. The summed E-state index contributed by atoms with van der Waals surface area (Å²) in [6, 6.07) is 0.400. The lowest BCUT2D eigenvalue weighted by Gasteiger charge is -2.51. The number of piperidine rings is 3. The molecule has 0 aromatic carbocycles. The van der Waals surface area contributed by atoms with E-state index in [9.17, 15) is 8.42 Å². The van der Waals surface area contributed by atoms with Crippen molar-refractivity contribution in [2.45, 2.75) is 18.9 Å². The molecule has 0 amide bonds. The summed E-state index contributed by atoms with van der Waals surface area (Å²) in [5.74, 6) is 1.54. The lowest BCUT2D eigenvalue weighted by molar-refractivity contribution is -0.0149. The second kappa shape index (κ2) is 6.73. The number of rotatable bonds is 5. The van der Waals surface area contributed by atoms with Gasteiger partial charge in [-0.2, -0.15) is 0 Å². The van der Waals surface area contributed by atoms with Crippen LogP contribution in [-0.2, 0) is 10.0 Å². The Bertz CT molecular complexity index is 476. The topological polar surface area (TPSA) is 55.9 Å². The summed E-state index contributed by atoms with van der Waals surface area (Å²) in [5, 5.41) is 0. The van der Waals surface area contributed by atoms with Crippen LogP contribution in [0.4, 0.5) is 0 Å². The van der Waals surface area contributed by atoms with Crippen molar-refractivity contribution in [1.82, 2.24) is 19.4 Å². The van der Waals surface area contributed by atoms with E-state index in [-0.39, 0.29) is 0 Å². The molecule has 1 N–H and O–H groups in total. The van der Waals surface area contributed by atoms with Gasteiger partial charge in [-0.05, 0) is 38.3 Å². The molecule has 0 aromatic heterocycles. The number of sulfonamides is 1. The normalized spacial score (nSPS) is 37.5. The molecule has 6 nitrogen and oxygen atoms in total. The standard InChI is InChI=1S/C15H30N4O2S/c1-17-5-7-18(8-6-17)11-14-12-19-4-3-13(14)9-15(19)10-16-22(2,20)21/h13-16H,3-12H2,1-2H3/t13-,14-,15+/m0/s1. The SMILES string of the molecule is CN1CCN(C[C@H]2CN3CC[C@H]2C[C@@H]3CNS(C)(=O)=O)CC1. The van der Waals surface area contributed by atoms with Crippen LogP contribution in [0.1, 0.15) is 12.8 Å². The van der Waals surface area contributed by atoms with Gasteiger partial charge >= 0.3 is 0 Å². The van der Waals surface area contributed by atoms with Crippen LogP contribution in [0.2, 0.25) is 0 Å². The van der Waals surface area contributed by atoms with E-state index in [4.69, 9.17) is 0 Å². The summed E-state index contributed by atoms with van der Waals surface area (Å²) >= 11 is 0. The van der Waals surface area contributed by atoms with E-state index in [0.717, 1.165) is 31.3 Å².